The summed E-state index contributed by atoms with van der Waals surface area (Å²) in [6.45, 7) is 5.08. The van der Waals surface area contributed by atoms with Gasteiger partial charge in [-0.2, -0.15) is 10.1 Å². The second kappa shape index (κ2) is 8.56. The van der Waals surface area contributed by atoms with Crippen molar-refractivity contribution in [2.24, 2.45) is 13.0 Å². The number of ether oxygens (including phenoxy) is 1. The van der Waals surface area contributed by atoms with Crippen LogP contribution in [0, 0.1) is 5.92 Å². The van der Waals surface area contributed by atoms with Crippen molar-refractivity contribution in [2.75, 3.05) is 23.8 Å². The zero-order valence-electron chi connectivity index (χ0n) is 16.6. The van der Waals surface area contributed by atoms with Gasteiger partial charge in [0.15, 0.2) is 5.82 Å². The Morgan fingerprint density at radius 2 is 1.96 bits per heavy atom. The smallest absolute Gasteiger partial charge is 0.257 e. The lowest BCUT2D eigenvalue weighted by atomic mass is 10.2. The van der Waals surface area contributed by atoms with E-state index in [-0.39, 0.29) is 5.91 Å². The van der Waals surface area contributed by atoms with Crippen LogP contribution in [0.1, 0.15) is 24.2 Å². The van der Waals surface area contributed by atoms with Gasteiger partial charge in [-0.15, -0.1) is 0 Å². The maximum absolute atomic E-state index is 12.8. The molecule has 0 saturated heterocycles. The highest BCUT2D eigenvalue weighted by Gasteiger charge is 2.15. The Kier molecular flexibility index (Phi) is 5.93. The number of nitrogens with zero attached hydrogens (tertiary/aromatic N) is 4. The number of carbonyl (C=O) groups is 1. The minimum absolute atomic E-state index is 0.266. The molecule has 3 aromatic rings. The van der Waals surface area contributed by atoms with Gasteiger partial charge in [-0.05, 0) is 24.1 Å². The fraction of sp³-hybridized carbons (Fsp3) is 0.286. The van der Waals surface area contributed by atoms with Crippen LogP contribution in [-0.2, 0) is 7.05 Å². The third-order valence-electron chi connectivity index (χ3n) is 4.00. The first kappa shape index (κ1) is 19.4. The number of nitrogens with one attached hydrogen (secondary N) is 1. The molecule has 0 aliphatic rings. The summed E-state index contributed by atoms with van der Waals surface area (Å²) >= 11 is 0. The van der Waals surface area contributed by atoms with Crippen LogP contribution in [-0.4, -0.2) is 34.3 Å². The van der Waals surface area contributed by atoms with Crippen molar-refractivity contribution in [3.8, 4) is 11.6 Å². The topological polar surface area (TPSA) is 72.3 Å². The average molecular weight is 379 g/mol. The minimum atomic E-state index is -0.266. The van der Waals surface area contributed by atoms with E-state index in [2.05, 4.69) is 29.2 Å². The Morgan fingerprint density at radius 3 is 2.61 bits per heavy atom. The zero-order chi connectivity index (χ0) is 20.1. The van der Waals surface area contributed by atoms with Crippen LogP contribution in [0.15, 0.2) is 54.7 Å². The lowest BCUT2D eigenvalue weighted by molar-refractivity contribution is 0.102. The molecule has 0 saturated carbocycles. The molecule has 3 rings (SSSR count). The van der Waals surface area contributed by atoms with Gasteiger partial charge in [-0.3, -0.25) is 9.48 Å². The molecule has 0 bridgehead atoms. The maximum Gasteiger partial charge on any atom is 0.257 e. The number of hydrogen-bond acceptors (Lipinski definition) is 5. The summed E-state index contributed by atoms with van der Waals surface area (Å²) in [5, 5.41) is 6.99. The summed E-state index contributed by atoms with van der Waals surface area (Å²) in [5.41, 5.74) is 0.456. The molecule has 7 heteroatoms. The molecule has 1 N–H and O–H groups in total. The molecule has 0 spiro atoms. The molecule has 0 atom stereocenters. The third kappa shape index (κ3) is 5.09. The van der Waals surface area contributed by atoms with Crippen LogP contribution in [0.4, 0.5) is 11.6 Å². The largest absolute Gasteiger partial charge is 0.439 e. The van der Waals surface area contributed by atoms with E-state index in [9.17, 15) is 4.79 Å². The predicted molar refractivity (Wildman–Crippen MR) is 110 cm³/mol. The van der Waals surface area contributed by atoms with Crippen LogP contribution < -0.4 is 15.0 Å². The summed E-state index contributed by atoms with van der Waals surface area (Å²) in [7, 11) is 3.75. The highest BCUT2D eigenvalue weighted by Crippen LogP contribution is 2.25. The van der Waals surface area contributed by atoms with Gasteiger partial charge in [0.05, 0.1) is 0 Å². The van der Waals surface area contributed by atoms with E-state index in [1.807, 2.05) is 42.3 Å². The first-order valence-electron chi connectivity index (χ1n) is 9.18. The van der Waals surface area contributed by atoms with Gasteiger partial charge in [0, 0.05) is 44.5 Å². The number of anilines is 2. The molecular formula is C21H25N5O2. The monoisotopic (exact) mass is 379 g/mol. The van der Waals surface area contributed by atoms with Crippen LogP contribution in [0.5, 0.6) is 11.6 Å². The molecule has 2 aromatic heterocycles. The van der Waals surface area contributed by atoms with E-state index in [1.165, 1.54) is 0 Å². The van der Waals surface area contributed by atoms with Crippen LogP contribution in [0.3, 0.4) is 0 Å². The number of hydrogen-bond donors (Lipinski definition) is 1. The lowest BCUT2D eigenvalue weighted by Gasteiger charge is -2.21. The molecule has 7 nitrogen and oxygen atoms in total. The van der Waals surface area contributed by atoms with E-state index in [4.69, 9.17) is 4.74 Å². The van der Waals surface area contributed by atoms with E-state index in [1.54, 1.807) is 36.1 Å². The second-order valence-corrected chi connectivity index (χ2v) is 7.07. The number of para-hydroxylation sites is 1. The first-order valence-corrected chi connectivity index (χ1v) is 9.18. The number of aryl methyl sites for hydroxylation is 1. The number of carbonyl (C=O) groups excluding carboxylic acids is 1. The quantitative estimate of drug-likeness (QED) is 0.673. The summed E-state index contributed by atoms with van der Waals surface area (Å²) < 4.78 is 7.51. The lowest BCUT2D eigenvalue weighted by Crippen LogP contribution is -2.24. The highest BCUT2D eigenvalue weighted by molar-refractivity contribution is 6.04. The van der Waals surface area contributed by atoms with Crippen molar-refractivity contribution < 1.29 is 9.53 Å². The van der Waals surface area contributed by atoms with Gasteiger partial charge in [0.25, 0.3) is 5.91 Å². The van der Waals surface area contributed by atoms with Gasteiger partial charge in [0.2, 0.25) is 5.88 Å². The molecule has 28 heavy (non-hydrogen) atoms. The van der Waals surface area contributed by atoms with Gasteiger partial charge >= 0.3 is 0 Å². The second-order valence-electron chi connectivity index (χ2n) is 7.07. The fourth-order valence-electron chi connectivity index (χ4n) is 2.79. The van der Waals surface area contributed by atoms with Gasteiger partial charge in [-0.25, -0.2) is 0 Å². The summed E-state index contributed by atoms with van der Waals surface area (Å²) in [4.78, 5) is 19.4. The SMILES string of the molecule is CC(C)CN(C)c1cc(C(=O)Nc2ccn(C)n2)cc(Oc2ccccc2)n1. The van der Waals surface area contributed by atoms with Gasteiger partial charge in [0.1, 0.15) is 11.6 Å². The summed E-state index contributed by atoms with van der Waals surface area (Å²) in [6, 6.07) is 14.5. The molecule has 0 aliphatic heterocycles. The van der Waals surface area contributed by atoms with Crippen molar-refractivity contribution >= 4 is 17.5 Å². The maximum atomic E-state index is 12.8. The molecule has 0 unspecified atom stereocenters. The molecule has 1 aromatic carbocycles. The summed E-state index contributed by atoms with van der Waals surface area (Å²) in [5.74, 6) is 2.38. The van der Waals surface area contributed by atoms with Gasteiger partial charge in [-0.1, -0.05) is 32.0 Å². The number of rotatable bonds is 7. The molecule has 0 aliphatic carbocycles. The first-order chi connectivity index (χ1) is 13.4. The Bertz CT molecular complexity index is 937. The van der Waals surface area contributed by atoms with Crippen molar-refractivity contribution in [2.45, 2.75) is 13.8 Å². The molecule has 2 heterocycles. The van der Waals surface area contributed by atoms with Crippen LogP contribution >= 0.6 is 0 Å². The number of amides is 1. The van der Waals surface area contributed by atoms with Crippen molar-refractivity contribution in [3.63, 3.8) is 0 Å². The number of benzene rings is 1. The molecule has 1 amide bonds. The standard InChI is InChI=1S/C21H25N5O2/c1-15(2)14-25(3)19-12-16(21(27)22-18-10-11-26(4)24-18)13-20(23-19)28-17-8-6-5-7-9-17/h5-13,15H,14H2,1-4H3,(H,22,24,27). The molecule has 146 valence electrons. The summed E-state index contributed by atoms with van der Waals surface area (Å²) in [6.07, 6.45) is 1.77. The van der Waals surface area contributed by atoms with Crippen LogP contribution in [0.25, 0.3) is 0 Å². The van der Waals surface area contributed by atoms with E-state index in [0.29, 0.717) is 34.7 Å². The third-order valence-corrected chi connectivity index (χ3v) is 4.00. The van der Waals surface area contributed by atoms with E-state index < -0.39 is 0 Å². The van der Waals surface area contributed by atoms with Crippen molar-refractivity contribution in [1.82, 2.24) is 14.8 Å². The zero-order valence-corrected chi connectivity index (χ0v) is 16.6. The Labute approximate surface area is 165 Å². The molecule has 0 radical (unpaired) electrons. The van der Waals surface area contributed by atoms with Crippen LogP contribution in [0.2, 0.25) is 0 Å². The number of aromatic nitrogens is 3. The predicted octanol–water partition coefficient (Wildman–Crippen LogP) is 3.95. The Morgan fingerprint density at radius 1 is 1.21 bits per heavy atom. The Hall–Kier alpha value is -3.35. The van der Waals surface area contributed by atoms with Crippen molar-refractivity contribution in [1.29, 1.82) is 0 Å². The fourth-order valence-corrected chi connectivity index (χ4v) is 2.79. The number of pyridine rings is 1. The van der Waals surface area contributed by atoms with E-state index >= 15 is 0 Å². The van der Waals surface area contributed by atoms with E-state index in [0.717, 1.165) is 6.54 Å². The highest BCUT2D eigenvalue weighted by atomic mass is 16.5. The normalized spacial score (nSPS) is 10.8. The Balaban J connectivity index is 1.90. The van der Waals surface area contributed by atoms with Crippen molar-refractivity contribution in [3.05, 3.63) is 60.3 Å². The van der Waals surface area contributed by atoms with Gasteiger partial charge < -0.3 is 15.0 Å². The molecule has 0 fully saturated rings. The average Bonchev–Trinajstić information content (AvgIpc) is 3.06. The molecular weight excluding hydrogens is 354 g/mol. The minimum Gasteiger partial charge on any atom is -0.439 e.